The highest BCUT2D eigenvalue weighted by Gasteiger charge is 2.34. The van der Waals surface area contributed by atoms with Crippen LogP contribution < -0.4 is 10.6 Å². The van der Waals surface area contributed by atoms with Crippen LogP contribution in [-0.2, 0) is 4.79 Å². The number of nitrogens with one attached hydrogen (secondary N) is 2. The summed E-state index contributed by atoms with van der Waals surface area (Å²) in [6, 6.07) is 15.3. The number of hydrogen-bond acceptors (Lipinski definition) is 5. The van der Waals surface area contributed by atoms with Crippen molar-refractivity contribution in [1.29, 1.82) is 5.26 Å². The molecule has 0 saturated heterocycles. The van der Waals surface area contributed by atoms with Crippen LogP contribution in [0.5, 0.6) is 0 Å². The van der Waals surface area contributed by atoms with E-state index in [1.165, 1.54) is 11.8 Å². The molecule has 2 heterocycles. The normalized spacial score (nSPS) is 16.7. The Morgan fingerprint density at radius 2 is 1.92 bits per heavy atom. The van der Waals surface area contributed by atoms with E-state index in [1.54, 1.807) is 12.4 Å². The van der Waals surface area contributed by atoms with E-state index in [4.69, 9.17) is 0 Å². The molecule has 1 aliphatic rings. The fourth-order valence-electron chi connectivity index (χ4n) is 2.98. The Morgan fingerprint density at radius 1 is 1.23 bits per heavy atom. The third kappa shape index (κ3) is 3.48. The summed E-state index contributed by atoms with van der Waals surface area (Å²) in [7, 11) is 0. The van der Waals surface area contributed by atoms with E-state index in [9.17, 15) is 10.1 Å². The van der Waals surface area contributed by atoms with Gasteiger partial charge in [-0.15, -0.1) is 11.8 Å². The molecule has 0 bridgehead atoms. The number of aromatic nitrogens is 1. The van der Waals surface area contributed by atoms with E-state index in [1.807, 2.05) is 55.6 Å². The molecule has 1 aliphatic heterocycles. The van der Waals surface area contributed by atoms with Crippen LogP contribution in [0.15, 0.2) is 76.7 Å². The first-order valence-corrected chi connectivity index (χ1v) is 9.30. The second kappa shape index (κ2) is 7.89. The summed E-state index contributed by atoms with van der Waals surface area (Å²) in [5, 5.41) is 16.7. The number of dihydropyridines is 1. The number of nitrogens with zero attached hydrogens (tertiary/aromatic N) is 2. The number of benzene rings is 1. The quantitative estimate of drug-likeness (QED) is 0.865. The third-order valence-electron chi connectivity index (χ3n) is 4.17. The van der Waals surface area contributed by atoms with E-state index >= 15 is 0 Å². The molecule has 1 aromatic carbocycles. The number of hydrogen-bond donors (Lipinski definition) is 2. The predicted molar refractivity (Wildman–Crippen MR) is 104 cm³/mol. The number of anilines is 1. The number of pyridine rings is 1. The second-order valence-corrected chi connectivity index (χ2v) is 6.57. The van der Waals surface area contributed by atoms with Gasteiger partial charge in [0.1, 0.15) is 0 Å². The Hall–Kier alpha value is -3.04. The molecule has 3 rings (SSSR count). The minimum Gasteiger partial charge on any atom is -0.353 e. The highest BCUT2D eigenvalue weighted by atomic mass is 32.2. The van der Waals surface area contributed by atoms with Gasteiger partial charge in [-0.3, -0.25) is 9.78 Å². The van der Waals surface area contributed by atoms with E-state index in [0.717, 1.165) is 16.3 Å². The predicted octanol–water partition coefficient (Wildman–Crippen LogP) is 3.78. The van der Waals surface area contributed by atoms with Gasteiger partial charge in [0.2, 0.25) is 0 Å². The molecule has 2 aromatic rings. The highest BCUT2D eigenvalue weighted by molar-refractivity contribution is 8.02. The molecule has 6 heteroatoms. The summed E-state index contributed by atoms with van der Waals surface area (Å²) in [6.07, 6.45) is 5.26. The number of para-hydroxylation sites is 1. The number of carbonyl (C=O) groups excluding carboxylic acids is 1. The first kappa shape index (κ1) is 17.8. The SMILES string of the molecule is CSC1=C(C#N)C(c2ccncc2)C(C(=O)Nc2ccccc2)=C(C)N1. The Kier molecular flexibility index (Phi) is 5.40. The Morgan fingerprint density at radius 3 is 2.54 bits per heavy atom. The van der Waals surface area contributed by atoms with Crippen molar-refractivity contribution >= 4 is 23.4 Å². The molecule has 1 aromatic heterocycles. The molecule has 26 heavy (non-hydrogen) atoms. The molecule has 0 spiro atoms. The first-order chi connectivity index (χ1) is 12.7. The number of amides is 1. The Labute approximate surface area is 156 Å². The molecule has 1 atom stereocenters. The minimum absolute atomic E-state index is 0.226. The van der Waals surface area contributed by atoms with Crippen LogP contribution in [0.3, 0.4) is 0 Å². The van der Waals surface area contributed by atoms with Crippen molar-refractivity contribution in [1.82, 2.24) is 10.3 Å². The van der Waals surface area contributed by atoms with Crippen molar-refractivity contribution in [2.45, 2.75) is 12.8 Å². The molecule has 5 nitrogen and oxygen atoms in total. The highest BCUT2D eigenvalue weighted by Crippen LogP contribution is 2.40. The van der Waals surface area contributed by atoms with Gasteiger partial charge in [-0.1, -0.05) is 18.2 Å². The molecule has 1 amide bonds. The van der Waals surface area contributed by atoms with Crippen molar-refractivity contribution in [2.24, 2.45) is 0 Å². The lowest BCUT2D eigenvalue weighted by atomic mass is 9.82. The van der Waals surface area contributed by atoms with E-state index in [2.05, 4.69) is 21.7 Å². The smallest absolute Gasteiger partial charge is 0.254 e. The summed E-state index contributed by atoms with van der Waals surface area (Å²) in [4.78, 5) is 17.1. The largest absolute Gasteiger partial charge is 0.353 e. The van der Waals surface area contributed by atoms with Crippen LogP contribution in [0.2, 0.25) is 0 Å². The van der Waals surface area contributed by atoms with Gasteiger partial charge < -0.3 is 10.6 Å². The fourth-order valence-corrected chi connectivity index (χ4v) is 3.62. The molecular formula is C20H18N4OS. The number of carbonyl (C=O) groups is 1. The van der Waals surface area contributed by atoms with Gasteiger partial charge in [-0.05, 0) is 43.0 Å². The van der Waals surface area contributed by atoms with Crippen molar-refractivity contribution < 1.29 is 4.79 Å². The standard InChI is InChI=1S/C20H18N4OS/c1-13-17(19(25)24-15-6-4-3-5-7-15)18(14-8-10-22-11-9-14)16(12-21)20(23-13)26-2/h3-11,18,23H,1-2H3,(H,24,25). The van der Waals surface area contributed by atoms with Gasteiger partial charge in [-0.2, -0.15) is 5.26 Å². The second-order valence-electron chi connectivity index (χ2n) is 5.76. The van der Waals surface area contributed by atoms with E-state index in [-0.39, 0.29) is 5.91 Å². The molecule has 0 aliphatic carbocycles. The van der Waals surface area contributed by atoms with Crippen LogP contribution >= 0.6 is 11.8 Å². The topological polar surface area (TPSA) is 77.8 Å². The van der Waals surface area contributed by atoms with Crippen molar-refractivity contribution in [3.8, 4) is 6.07 Å². The van der Waals surface area contributed by atoms with Gasteiger partial charge in [-0.25, -0.2) is 0 Å². The van der Waals surface area contributed by atoms with Gasteiger partial charge in [0.05, 0.1) is 22.6 Å². The molecule has 1 unspecified atom stereocenters. The lowest BCUT2D eigenvalue weighted by Crippen LogP contribution is -2.30. The molecule has 2 N–H and O–H groups in total. The van der Waals surface area contributed by atoms with Crippen LogP contribution in [-0.4, -0.2) is 17.1 Å². The lowest BCUT2D eigenvalue weighted by Gasteiger charge is -2.29. The average Bonchev–Trinajstić information content (AvgIpc) is 2.68. The maximum absolute atomic E-state index is 13.1. The molecular weight excluding hydrogens is 344 g/mol. The van der Waals surface area contributed by atoms with Crippen LogP contribution in [0.25, 0.3) is 0 Å². The summed E-state index contributed by atoms with van der Waals surface area (Å²) >= 11 is 1.46. The summed E-state index contributed by atoms with van der Waals surface area (Å²) < 4.78 is 0. The Balaban J connectivity index is 2.06. The van der Waals surface area contributed by atoms with E-state index in [0.29, 0.717) is 16.8 Å². The van der Waals surface area contributed by atoms with Gasteiger partial charge >= 0.3 is 0 Å². The van der Waals surface area contributed by atoms with Crippen LogP contribution in [0, 0.1) is 11.3 Å². The molecule has 0 radical (unpaired) electrons. The fraction of sp³-hybridized carbons (Fsp3) is 0.150. The van der Waals surface area contributed by atoms with Crippen molar-refractivity contribution in [3.63, 3.8) is 0 Å². The third-order valence-corrected chi connectivity index (χ3v) is 4.90. The summed E-state index contributed by atoms with van der Waals surface area (Å²) in [6.45, 7) is 1.86. The van der Waals surface area contributed by atoms with Crippen molar-refractivity contribution in [3.05, 3.63) is 82.3 Å². The summed E-state index contributed by atoms with van der Waals surface area (Å²) in [5.41, 5.74) is 3.39. The maximum Gasteiger partial charge on any atom is 0.254 e. The zero-order valence-corrected chi connectivity index (χ0v) is 15.3. The van der Waals surface area contributed by atoms with Gasteiger partial charge in [0, 0.05) is 29.4 Å². The van der Waals surface area contributed by atoms with E-state index < -0.39 is 5.92 Å². The number of rotatable bonds is 4. The summed E-state index contributed by atoms with van der Waals surface area (Å²) in [5.74, 6) is -0.661. The molecule has 0 saturated carbocycles. The average molecular weight is 362 g/mol. The zero-order valence-electron chi connectivity index (χ0n) is 14.5. The zero-order chi connectivity index (χ0) is 18.5. The number of thioether (sulfide) groups is 1. The lowest BCUT2D eigenvalue weighted by molar-refractivity contribution is -0.113. The Bertz CT molecular complexity index is 914. The van der Waals surface area contributed by atoms with Gasteiger partial charge in [0.15, 0.2) is 0 Å². The minimum atomic E-state index is -0.435. The first-order valence-electron chi connectivity index (χ1n) is 8.08. The molecule has 0 fully saturated rings. The van der Waals surface area contributed by atoms with Crippen LogP contribution in [0.1, 0.15) is 18.4 Å². The van der Waals surface area contributed by atoms with Gasteiger partial charge in [0.25, 0.3) is 5.91 Å². The molecule has 130 valence electrons. The van der Waals surface area contributed by atoms with Crippen molar-refractivity contribution in [2.75, 3.05) is 11.6 Å². The number of nitriles is 1. The number of allylic oxidation sites excluding steroid dienone is 2. The monoisotopic (exact) mass is 362 g/mol. The van der Waals surface area contributed by atoms with Crippen LogP contribution in [0.4, 0.5) is 5.69 Å². The maximum atomic E-state index is 13.1.